The van der Waals surface area contributed by atoms with Gasteiger partial charge in [-0.2, -0.15) is 0 Å². The predicted octanol–water partition coefficient (Wildman–Crippen LogP) is 6.32. The van der Waals surface area contributed by atoms with Crippen molar-refractivity contribution in [2.45, 2.75) is 12.8 Å². The van der Waals surface area contributed by atoms with Crippen LogP contribution in [-0.2, 0) is 9.59 Å². The molecule has 1 N–H and O–H groups in total. The molecule has 6 nitrogen and oxygen atoms in total. The van der Waals surface area contributed by atoms with Crippen LogP contribution in [0.3, 0.4) is 0 Å². The molecule has 2 aromatic carbocycles. The zero-order valence-electron chi connectivity index (χ0n) is 16.3. The number of amides is 2. The van der Waals surface area contributed by atoms with Crippen molar-refractivity contribution in [1.82, 2.24) is 4.90 Å². The van der Waals surface area contributed by atoms with Gasteiger partial charge in [-0.3, -0.25) is 14.5 Å². The lowest BCUT2D eigenvalue weighted by Gasteiger charge is -2.14. The number of benzene rings is 2. The Labute approximate surface area is 219 Å². The van der Waals surface area contributed by atoms with Gasteiger partial charge in [-0.1, -0.05) is 46.0 Å². The topological polar surface area (TPSA) is 67.9 Å². The van der Waals surface area contributed by atoms with Crippen molar-refractivity contribution < 1.29 is 19.1 Å². The minimum absolute atomic E-state index is 0.143. The quantitative estimate of drug-likeness (QED) is 0.289. The molecule has 0 unspecified atom stereocenters. The normalized spacial score (nSPS) is 16.2. The molecular formula is C21H15Br3N2O4S2. The van der Waals surface area contributed by atoms with Crippen LogP contribution in [-0.4, -0.2) is 34.4 Å². The third-order valence-corrected chi connectivity index (χ3v) is 7.71. The van der Waals surface area contributed by atoms with E-state index in [1.807, 2.05) is 30.3 Å². The molecule has 2 aromatic rings. The van der Waals surface area contributed by atoms with Crippen LogP contribution in [0.4, 0.5) is 5.69 Å². The van der Waals surface area contributed by atoms with Crippen molar-refractivity contribution in [3.8, 4) is 11.5 Å². The SMILES string of the molecule is O=C(CCCN1C(=O)/C(=C/c2ccc3c(c2)OCO3)SC1=S)Nc1c(Br)cc(Br)cc1Br. The number of anilines is 1. The highest BCUT2D eigenvalue weighted by Crippen LogP contribution is 2.37. The molecule has 0 saturated carbocycles. The summed E-state index contributed by atoms with van der Waals surface area (Å²) in [4.78, 5) is 27.3. The number of thiocarbonyl (C=S) groups is 1. The standard InChI is InChI=1S/C21H15Br3N2O4S2/c22-12-8-13(23)19(14(24)9-12)25-18(27)2-1-5-26-20(28)17(32-21(26)31)7-11-3-4-15-16(6-11)30-10-29-15/h3-4,6-9H,1-2,5,10H2,(H,25,27)/b17-7-. The van der Waals surface area contributed by atoms with Gasteiger partial charge < -0.3 is 14.8 Å². The summed E-state index contributed by atoms with van der Waals surface area (Å²) in [5.41, 5.74) is 1.50. The van der Waals surface area contributed by atoms with Gasteiger partial charge in [0, 0.05) is 26.4 Å². The maximum Gasteiger partial charge on any atom is 0.266 e. The number of nitrogens with one attached hydrogen (secondary N) is 1. The molecule has 1 fully saturated rings. The molecule has 4 rings (SSSR count). The number of thioether (sulfide) groups is 1. The van der Waals surface area contributed by atoms with E-state index in [1.165, 1.54) is 16.7 Å². The predicted molar refractivity (Wildman–Crippen MR) is 140 cm³/mol. The summed E-state index contributed by atoms with van der Waals surface area (Å²) in [6, 6.07) is 9.22. The number of halogens is 3. The van der Waals surface area contributed by atoms with Gasteiger partial charge in [0.2, 0.25) is 12.7 Å². The third-order valence-electron chi connectivity index (χ3n) is 4.62. The molecule has 0 atom stereocenters. The second-order valence-corrected chi connectivity index (χ2v) is 11.1. The number of carbonyl (C=O) groups is 2. The van der Waals surface area contributed by atoms with Crippen LogP contribution in [0.1, 0.15) is 18.4 Å². The van der Waals surface area contributed by atoms with Crippen LogP contribution in [0.5, 0.6) is 11.5 Å². The first-order valence-corrected chi connectivity index (χ1v) is 13.0. The lowest BCUT2D eigenvalue weighted by Crippen LogP contribution is -2.29. The lowest BCUT2D eigenvalue weighted by atomic mass is 10.2. The molecule has 11 heteroatoms. The summed E-state index contributed by atoms with van der Waals surface area (Å²) in [6.07, 6.45) is 2.53. The number of carbonyl (C=O) groups excluding carboxylic acids is 2. The van der Waals surface area contributed by atoms with E-state index in [-0.39, 0.29) is 25.0 Å². The summed E-state index contributed by atoms with van der Waals surface area (Å²) in [6.45, 7) is 0.573. The molecule has 0 bridgehead atoms. The smallest absolute Gasteiger partial charge is 0.266 e. The van der Waals surface area contributed by atoms with Gasteiger partial charge in [0.15, 0.2) is 11.5 Å². The molecule has 2 amide bonds. The Morgan fingerprint density at radius 2 is 1.88 bits per heavy atom. The van der Waals surface area contributed by atoms with Crippen molar-refractivity contribution >= 4 is 99.7 Å². The van der Waals surface area contributed by atoms with Crippen LogP contribution in [0, 0.1) is 0 Å². The van der Waals surface area contributed by atoms with Gasteiger partial charge in [0.1, 0.15) is 4.32 Å². The van der Waals surface area contributed by atoms with Crippen LogP contribution < -0.4 is 14.8 Å². The van der Waals surface area contributed by atoms with Crippen molar-refractivity contribution in [3.63, 3.8) is 0 Å². The molecule has 0 spiro atoms. The van der Waals surface area contributed by atoms with E-state index in [9.17, 15) is 9.59 Å². The van der Waals surface area contributed by atoms with E-state index < -0.39 is 0 Å². The zero-order chi connectivity index (χ0) is 22.8. The monoisotopic (exact) mass is 660 g/mol. The van der Waals surface area contributed by atoms with Crippen molar-refractivity contribution in [2.75, 3.05) is 18.7 Å². The molecule has 0 aliphatic carbocycles. The first kappa shape index (κ1) is 23.7. The molecule has 32 heavy (non-hydrogen) atoms. The van der Waals surface area contributed by atoms with E-state index in [4.69, 9.17) is 21.7 Å². The van der Waals surface area contributed by atoms with Crippen molar-refractivity contribution in [2.24, 2.45) is 0 Å². The van der Waals surface area contributed by atoms with Crippen LogP contribution >= 0.6 is 71.8 Å². The minimum atomic E-state index is -0.156. The van der Waals surface area contributed by atoms with Gasteiger partial charge in [-0.15, -0.1) is 0 Å². The third kappa shape index (κ3) is 5.39. The summed E-state index contributed by atoms with van der Waals surface area (Å²) < 4.78 is 13.6. The number of ether oxygens (including phenoxy) is 2. The second-order valence-electron chi connectivity index (χ2n) is 6.84. The van der Waals surface area contributed by atoms with Gasteiger partial charge in [0.05, 0.1) is 10.6 Å². The maximum absolute atomic E-state index is 12.8. The summed E-state index contributed by atoms with van der Waals surface area (Å²) in [5, 5.41) is 2.89. The van der Waals surface area contributed by atoms with Crippen molar-refractivity contribution in [1.29, 1.82) is 0 Å². The number of hydrogen-bond acceptors (Lipinski definition) is 6. The Hall–Kier alpha value is -1.40. The average Bonchev–Trinajstić information content (AvgIpc) is 3.30. The highest BCUT2D eigenvalue weighted by atomic mass is 79.9. The number of hydrogen-bond donors (Lipinski definition) is 1. The Balaban J connectivity index is 1.33. The van der Waals surface area contributed by atoms with E-state index in [1.54, 1.807) is 6.08 Å². The Morgan fingerprint density at radius 1 is 1.16 bits per heavy atom. The van der Waals surface area contributed by atoms with E-state index >= 15 is 0 Å². The van der Waals surface area contributed by atoms with Gasteiger partial charge in [-0.05, 0) is 74.2 Å². The molecular weight excluding hydrogens is 648 g/mol. The van der Waals surface area contributed by atoms with Gasteiger partial charge in [0.25, 0.3) is 5.91 Å². The summed E-state index contributed by atoms with van der Waals surface area (Å²) in [5.74, 6) is 1.05. The van der Waals surface area contributed by atoms with Crippen molar-refractivity contribution in [3.05, 3.63) is 54.2 Å². The second kappa shape index (κ2) is 10.3. The number of rotatable bonds is 6. The highest BCUT2D eigenvalue weighted by Gasteiger charge is 2.31. The number of nitrogens with zero attached hydrogens (tertiary/aromatic N) is 1. The molecule has 2 aliphatic heterocycles. The average molecular weight is 663 g/mol. The maximum atomic E-state index is 12.8. The molecule has 2 aliphatic rings. The Bertz CT molecular complexity index is 1130. The molecule has 2 heterocycles. The lowest BCUT2D eigenvalue weighted by molar-refractivity contribution is -0.122. The fraction of sp³-hybridized carbons (Fsp3) is 0.190. The summed E-state index contributed by atoms with van der Waals surface area (Å²) in [7, 11) is 0. The first-order chi connectivity index (χ1) is 15.3. The fourth-order valence-electron chi connectivity index (χ4n) is 3.11. The Kier molecular flexibility index (Phi) is 7.61. The van der Waals surface area contributed by atoms with E-state index in [0.717, 1.165) is 19.0 Å². The zero-order valence-corrected chi connectivity index (χ0v) is 22.7. The van der Waals surface area contributed by atoms with Crippen LogP contribution in [0.2, 0.25) is 0 Å². The van der Waals surface area contributed by atoms with E-state index in [0.29, 0.717) is 39.4 Å². The fourth-order valence-corrected chi connectivity index (χ4v) is 6.87. The van der Waals surface area contributed by atoms with Gasteiger partial charge in [-0.25, -0.2) is 0 Å². The Morgan fingerprint density at radius 3 is 2.62 bits per heavy atom. The van der Waals surface area contributed by atoms with Crippen LogP contribution in [0.15, 0.2) is 48.7 Å². The number of fused-ring (bicyclic) bond motifs is 1. The largest absolute Gasteiger partial charge is 0.454 e. The summed E-state index contributed by atoms with van der Waals surface area (Å²) >= 11 is 16.9. The first-order valence-electron chi connectivity index (χ1n) is 9.41. The molecule has 1 saturated heterocycles. The van der Waals surface area contributed by atoms with E-state index in [2.05, 4.69) is 53.1 Å². The minimum Gasteiger partial charge on any atom is -0.454 e. The van der Waals surface area contributed by atoms with Crippen LogP contribution in [0.25, 0.3) is 6.08 Å². The molecule has 0 radical (unpaired) electrons. The highest BCUT2D eigenvalue weighted by molar-refractivity contribution is 9.11. The molecule has 0 aromatic heterocycles. The molecule has 166 valence electrons. The van der Waals surface area contributed by atoms with Gasteiger partial charge >= 0.3 is 0 Å².